The predicted octanol–water partition coefficient (Wildman–Crippen LogP) is 2.33. The molecule has 1 aliphatic heterocycles. The van der Waals surface area contributed by atoms with Gasteiger partial charge in [0.15, 0.2) is 0 Å². The maximum absolute atomic E-state index is 5.98. The molecule has 0 saturated carbocycles. The highest BCUT2D eigenvalue weighted by Crippen LogP contribution is 2.21. The fourth-order valence-corrected chi connectivity index (χ4v) is 3.17. The van der Waals surface area contributed by atoms with Gasteiger partial charge in [-0.2, -0.15) is 0 Å². The molecule has 1 fully saturated rings. The van der Waals surface area contributed by atoms with Crippen LogP contribution in [0.25, 0.3) is 5.52 Å². The van der Waals surface area contributed by atoms with Gasteiger partial charge in [-0.25, -0.2) is 4.98 Å². The normalized spacial score (nSPS) is 21.0. The van der Waals surface area contributed by atoms with Crippen LogP contribution in [0.4, 0.5) is 5.69 Å². The van der Waals surface area contributed by atoms with E-state index in [1.807, 2.05) is 18.3 Å². The fourth-order valence-electron chi connectivity index (χ4n) is 3.17. The van der Waals surface area contributed by atoms with Gasteiger partial charge in [0.05, 0.1) is 17.4 Å². The van der Waals surface area contributed by atoms with Crippen LogP contribution in [-0.2, 0) is 6.42 Å². The van der Waals surface area contributed by atoms with E-state index in [0.717, 1.165) is 30.0 Å². The number of hydrogen-bond donors (Lipinski definition) is 1. The first-order chi connectivity index (χ1) is 9.29. The molecule has 1 atom stereocenters. The average Bonchev–Trinajstić information content (AvgIpc) is 2.84. The van der Waals surface area contributed by atoms with Crippen LogP contribution in [0.2, 0.25) is 0 Å². The highest BCUT2D eigenvalue weighted by molar-refractivity contribution is 5.68. The first kappa shape index (κ1) is 12.5. The van der Waals surface area contributed by atoms with Crippen LogP contribution in [-0.4, -0.2) is 33.4 Å². The minimum atomic E-state index is 0.630. The molecule has 0 amide bonds. The Bertz CT molecular complexity index is 560. The van der Waals surface area contributed by atoms with Crippen LogP contribution in [0.5, 0.6) is 0 Å². The zero-order valence-electron chi connectivity index (χ0n) is 11.5. The third kappa shape index (κ3) is 2.32. The Morgan fingerprint density at radius 1 is 1.42 bits per heavy atom. The maximum atomic E-state index is 5.98. The van der Waals surface area contributed by atoms with E-state index < -0.39 is 0 Å². The molecule has 0 bridgehead atoms. The van der Waals surface area contributed by atoms with Gasteiger partial charge in [-0.3, -0.25) is 0 Å². The van der Waals surface area contributed by atoms with E-state index in [-0.39, 0.29) is 0 Å². The second kappa shape index (κ2) is 5.21. The number of likely N-dealkylation sites (tertiary alicyclic amines) is 1. The molecular formula is C15H22N4. The van der Waals surface area contributed by atoms with Crippen molar-refractivity contribution in [1.29, 1.82) is 0 Å². The molecule has 3 heterocycles. The molecule has 1 aliphatic rings. The molecule has 1 saturated heterocycles. The second-order valence-corrected chi connectivity index (χ2v) is 5.38. The first-order valence-corrected chi connectivity index (χ1v) is 7.24. The van der Waals surface area contributed by atoms with E-state index in [1.54, 1.807) is 0 Å². The summed E-state index contributed by atoms with van der Waals surface area (Å²) in [5.41, 5.74) is 7.81. The molecule has 1 unspecified atom stereocenters. The lowest BCUT2D eigenvalue weighted by molar-refractivity contribution is 0.153. The molecule has 4 heteroatoms. The summed E-state index contributed by atoms with van der Waals surface area (Å²) in [6.07, 6.45) is 8.93. The summed E-state index contributed by atoms with van der Waals surface area (Å²) in [4.78, 5) is 7.16. The number of likely N-dealkylation sites (N-methyl/N-ethyl adjacent to an activating group) is 1. The number of aromatic nitrogens is 2. The number of fused-ring (bicyclic) bond motifs is 1. The number of nitrogens with two attached hydrogens (primary N) is 1. The van der Waals surface area contributed by atoms with Crippen LogP contribution < -0.4 is 5.73 Å². The van der Waals surface area contributed by atoms with E-state index in [4.69, 9.17) is 5.73 Å². The second-order valence-electron chi connectivity index (χ2n) is 5.38. The van der Waals surface area contributed by atoms with Crippen molar-refractivity contribution in [2.45, 2.75) is 38.6 Å². The minimum absolute atomic E-state index is 0.630. The van der Waals surface area contributed by atoms with Crippen LogP contribution in [0.1, 0.15) is 32.0 Å². The third-order valence-electron chi connectivity index (χ3n) is 4.25. The summed E-state index contributed by atoms with van der Waals surface area (Å²) < 4.78 is 2.14. The van der Waals surface area contributed by atoms with Gasteiger partial charge in [0, 0.05) is 18.7 Å². The predicted molar refractivity (Wildman–Crippen MR) is 78.2 cm³/mol. The summed E-state index contributed by atoms with van der Waals surface area (Å²) in [7, 11) is 0. The van der Waals surface area contributed by atoms with Crippen molar-refractivity contribution < 1.29 is 0 Å². The number of anilines is 1. The van der Waals surface area contributed by atoms with Crippen molar-refractivity contribution in [2.24, 2.45) is 0 Å². The molecule has 0 aliphatic carbocycles. The number of pyridine rings is 1. The van der Waals surface area contributed by atoms with Gasteiger partial charge >= 0.3 is 0 Å². The minimum Gasteiger partial charge on any atom is -0.397 e. The number of piperidine rings is 1. The van der Waals surface area contributed by atoms with Gasteiger partial charge in [0.2, 0.25) is 0 Å². The lowest BCUT2D eigenvalue weighted by atomic mass is 9.99. The molecule has 2 aromatic heterocycles. The molecule has 0 radical (unpaired) electrons. The van der Waals surface area contributed by atoms with Crippen LogP contribution in [0.15, 0.2) is 24.5 Å². The van der Waals surface area contributed by atoms with Crippen LogP contribution in [0, 0.1) is 0 Å². The van der Waals surface area contributed by atoms with Crippen molar-refractivity contribution in [2.75, 3.05) is 18.8 Å². The van der Waals surface area contributed by atoms with Crippen LogP contribution >= 0.6 is 0 Å². The highest BCUT2D eigenvalue weighted by atomic mass is 15.2. The SMILES string of the molecule is CCN1CCCCC1Cc1ncc2c(N)cccn12. The number of nitrogens with zero attached hydrogens (tertiary/aromatic N) is 3. The molecule has 0 aromatic carbocycles. The Balaban J connectivity index is 1.86. The van der Waals surface area contributed by atoms with E-state index in [9.17, 15) is 0 Å². The molecular weight excluding hydrogens is 236 g/mol. The van der Waals surface area contributed by atoms with Gasteiger partial charge in [0.25, 0.3) is 0 Å². The maximum Gasteiger partial charge on any atom is 0.114 e. The molecule has 102 valence electrons. The molecule has 2 N–H and O–H groups in total. The topological polar surface area (TPSA) is 46.6 Å². The number of rotatable bonds is 3. The van der Waals surface area contributed by atoms with Crippen molar-refractivity contribution in [3.05, 3.63) is 30.4 Å². The van der Waals surface area contributed by atoms with Crippen molar-refractivity contribution in [3.8, 4) is 0 Å². The van der Waals surface area contributed by atoms with Gasteiger partial charge in [-0.05, 0) is 38.1 Å². The van der Waals surface area contributed by atoms with Crippen molar-refractivity contribution in [3.63, 3.8) is 0 Å². The number of nitrogen functional groups attached to an aromatic ring is 1. The Kier molecular flexibility index (Phi) is 3.42. The summed E-state index contributed by atoms with van der Waals surface area (Å²) in [5.74, 6) is 1.13. The largest absolute Gasteiger partial charge is 0.397 e. The highest BCUT2D eigenvalue weighted by Gasteiger charge is 2.22. The zero-order chi connectivity index (χ0) is 13.2. The zero-order valence-corrected chi connectivity index (χ0v) is 11.5. The first-order valence-electron chi connectivity index (χ1n) is 7.24. The van der Waals surface area contributed by atoms with Gasteiger partial charge in [0.1, 0.15) is 5.82 Å². The number of hydrogen-bond acceptors (Lipinski definition) is 3. The van der Waals surface area contributed by atoms with Crippen LogP contribution in [0.3, 0.4) is 0 Å². The third-order valence-corrected chi connectivity index (χ3v) is 4.25. The molecule has 4 nitrogen and oxygen atoms in total. The molecule has 3 rings (SSSR count). The monoisotopic (exact) mass is 258 g/mol. The lowest BCUT2D eigenvalue weighted by Crippen LogP contribution is -2.40. The Labute approximate surface area is 114 Å². The molecule has 2 aromatic rings. The summed E-state index contributed by atoms with van der Waals surface area (Å²) >= 11 is 0. The summed E-state index contributed by atoms with van der Waals surface area (Å²) in [6, 6.07) is 4.55. The van der Waals surface area contributed by atoms with E-state index in [1.165, 1.54) is 25.8 Å². The summed E-state index contributed by atoms with van der Waals surface area (Å²) in [5, 5.41) is 0. The number of imidazole rings is 1. The van der Waals surface area contributed by atoms with E-state index in [2.05, 4.69) is 27.4 Å². The fraction of sp³-hybridized carbons (Fsp3) is 0.533. The average molecular weight is 258 g/mol. The Morgan fingerprint density at radius 3 is 3.16 bits per heavy atom. The lowest BCUT2D eigenvalue weighted by Gasteiger charge is -2.34. The van der Waals surface area contributed by atoms with Gasteiger partial charge in [-0.15, -0.1) is 0 Å². The van der Waals surface area contributed by atoms with E-state index >= 15 is 0 Å². The van der Waals surface area contributed by atoms with E-state index in [0.29, 0.717) is 6.04 Å². The molecule has 19 heavy (non-hydrogen) atoms. The van der Waals surface area contributed by atoms with Gasteiger partial charge < -0.3 is 15.0 Å². The smallest absolute Gasteiger partial charge is 0.114 e. The van der Waals surface area contributed by atoms with Crippen molar-refractivity contribution in [1.82, 2.24) is 14.3 Å². The Morgan fingerprint density at radius 2 is 2.32 bits per heavy atom. The standard InChI is InChI=1S/C15H22N4/c1-2-18-8-4-3-6-12(18)10-15-17-11-14-13(16)7-5-9-19(14)15/h5,7,9,11-12H,2-4,6,8,10,16H2,1H3. The van der Waals surface area contributed by atoms with Gasteiger partial charge in [-0.1, -0.05) is 13.3 Å². The Hall–Kier alpha value is -1.55. The summed E-state index contributed by atoms with van der Waals surface area (Å²) in [6.45, 7) is 4.61. The quantitative estimate of drug-likeness (QED) is 0.919. The van der Waals surface area contributed by atoms with Crippen molar-refractivity contribution >= 4 is 11.2 Å². The molecule has 0 spiro atoms.